The van der Waals surface area contributed by atoms with Crippen LogP contribution in [0.5, 0.6) is 0 Å². The lowest BCUT2D eigenvalue weighted by molar-refractivity contribution is -0.149. The molecule has 2 amide bonds. The third-order valence-corrected chi connectivity index (χ3v) is 3.65. The van der Waals surface area contributed by atoms with Gasteiger partial charge in [-0.2, -0.15) is 11.8 Å². The molecule has 0 spiro atoms. The average Bonchev–Trinajstić information content (AvgIpc) is 2.28. The summed E-state index contributed by atoms with van der Waals surface area (Å²) in [5.41, 5.74) is 0. The van der Waals surface area contributed by atoms with E-state index in [1.807, 2.05) is 18.7 Å². The maximum Gasteiger partial charge on any atom is 0.242 e. The molecule has 16 heavy (non-hydrogen) atoms. The minimum atomic E-state index is 0.0743. The van der Waals surface area contributed by atoms with E-state index in [2.05, 4.69) is 6.92 Å². The molecule has 0 aliphatic carbocycles. The molecule has 1 rings (SSSR count). The summed E-state index contributed by atoms with van der Waals surface area (Å²) in [6.45, 7) is 5.90. The number of amides is 2. The van der Waals surface area contributed by atoms with Crippen LogP contribution in [-0.2, 0) is 9.59 Å². The van der Waals surface area contributed by atoms with Crippen LogP contribution < -0.4 is 0 Å². The van der Waals surface area contributed by atoms with Gasteiger partial charge in [0, 0.05) is 13.1 Å². The molecule has 1 aliphatic heterocycles. The van der Waals surface area contributed by atoms with Crippen LogP contribution in [0.25, 0.3) is 0 Å². The summed E-state index contributed by atoms with van der Waals surface area (Å²) in [6, 6.07) is 0. The van der Waals surface area contributed by atoms with Gasteiger partial charge >= 0.3 is 0 Å². The van der Waals surface area contributed by atoms with E-state index in [1.165, 1.54) is 0 Å². The van der Waals surface area contributed by atoms with E-state index >= 15 is 0 Å². The summed E-state index contributed by atoms with van der Waals surface area (Å²) in [5.74, 6) is 2.33. The van der Waals surface area contributed by atoms with Gasteiger partial charge in [0.2, 0.25) is 11.8 Å². The zero-order valence-electron chi connectivity index (χ0n) is 10.1. The Morgan fingerprint density at radius 3 is 2.38 bits per heavy atom. The Morgan fingerprint density at radius 1 is 1.12 bits per heavy atom. The monoisotopic (exact) mass is 244 g/mol. The van der Waals surface area contributed by atoms with Gasteiger partial charge in [0.15, 0.2) is 0 Å². The fourth-order valence-corrected chi connectivity index (χ4v) is 2.32. The molecule has 4 nitrogen and oxygen atoms in total. The number of likely N-dealkylation sites (N-methyl/N-ethyl adjacent to an activating group) is 1. The van der Waals surface area contributed by atoms with Gasteiger partial charge in [0.1, 0.15) is 0 Å². The first-order valence-electron chi connectivity index (χ1n) is 5.82. The maximum absolute atomic E-state index is 11.7. The highest BCUT2D eigenvalue weighted by atomic mass is 32.2. The van der Waals surface area contributed by atoms with Gasteiger partial charge in [-0.1, -0.05) is 6.92 Å². The first-order valence-corrected chi connectivity index (χ1v) is 6.97. The summed E-state index contributed by atoms with van der Waals surface area (Å²) in [5, 5.41) is 0. The van der Waals surface area contributed by atoms with Gasteiger partial charge in [-0.15, -0.1) is 0 Å². The lowest BCUT2D eigenvalue weighted by atomic mass is 10.2. The summed E-state index contributed by atoms with van der Waals surface area (Å²) in [7, 11) is 0. The second-order valence-electron chi connectivity index (χ2n) is 3.77. The topological polar surface area (TPSA) is 40.6 Å². The smallest absolute Gasteiger partial charge is 0.242 e. The Bertz CT molecular complexity index is 258. The predicted octanol–water partition coefficient (Wildman–Crippen LogP) is 0.820. The molecule has 0 N–H and O–H groups in total. The van der Waals surface area contributed by atoms with Gasteiger partial charge in [0.25, 0.3) is 0 Å². The van der Waals surface area contributed by atoms with E-state index in [9.17, 15) is 9.59 Å². The molecule has 5 heteroatoms. The molecule has 0 saturated carbocycles. The molecule has 0 atom stereocenters. The molecule has 1 aliphatic rings. The third-order valence-electron chi connectivity index (χ3n) is 2.66. The third kappa shape index (κ3) is 3.70. The highest BCUT2D eigenvalue weighted by molar-refractivity contribution is 7.99. The van der Waals surface area contributed by atoms with Crippen LogP contribution in [0.2, 0.25) is 0 Å². The molecule has 0 aromatic heterocycles. The summed E-state index contributed by atoms with van der Waals surface area (Å²) >= 11 is 1.87. The van der Waals surface area contributed by atoms with E-state index in [0.29, 0.717) is 6.54 Å². The van der Waals surface area contributed by atoms with Crippen LogP contribution in [0.15, 0.2) is 0 Å². The Morgan fingerprint density at radius 2 is 1.75 bits per heavy atom. The van der Waals surface area contributed by atoms with Crippen LogP contribution >= 0.6 is 11.8 Å². The number of thioether (sulfide) groups is 1. The van der Waals surface area contributed by atoms with Crippen molar-refractivity contribution in [3.8, 4) is 0 Å². The average molecular weight is 244 g/mol. The highest BCUT2D eigenvalue weighted by Crippen LogP contribution is 2.07. The second-order valence-corrected chi connectivity index (χ2v) is 5.17. The van der Waals surface area contributed by atoms with Crippen molar-refractivity contribution in [3.63, 3.8) is 0 Å². The number of nitrogens with zero attached hydrogens (tertiary/aromatic N) is 2. The van der Waals surface area contributed by atoms with Crippen LogP contribution in [0, 0.1) is 0 Å². The van der Waals surface area contributed by atoms with Crippen LogP contribution in [0.3, 0.4) is 0 Å². The normalized spacial score (nSPS) is 17.1. The summed E-state index contributed by atoms with van der Waals surface area (Å²) < 4.78 is 0. The molecule has 0 aromatic rings. The number of carbonyl (C=O) groups excluding carboxylic acids is 2. The minimum Gasteiger partial charge on any atom is -0.332 e. The Kier molecular flexibility index (Phi) is 5.66. The first-order chi connectivity index (χ1) is 7.69. The lowest BCUT2D eigenvalue weighted by Gasteiger charge is -2.33. The van der Waals surface area contributed by atoms with E-state index < -0.39 is 0 Å². The predicted molar refractivity (Wildman–Crippen MR) is 66.5 cm³/mol. The molecule has 0 bridgehead atoms. The van der Waals surface area contributed by atoms with Crippen molar-refractivity contribution in [2.75, 3.05) is 37.7 Å². The number of hydrogen-bond acceptors (Lipinski definition) is 3. The molecule has 0 unspecified atom stereocenters. The number of hydrogen-bond donors (Lipinski definition) is 0. The summed E-state index contributed by atoms with van der Waals surface area (Å²) in [6.07, 6.45) is 0.976. The zero-order chi connectivity index (χ0) is 12.0. The van der Waals surface area contributed by atoms with Crippen LogP contribution in [0.1, 0.15) is 20.3 Å². The van der Waals surface area contributed by atoms with Crippen LogP contribution in [-0.4, -0.2) is 59.3 Å². The van der Waals surface area contributed by atoms with Gasteiger partial charge in [-0.25, -0.2) is 0 Å². The molecule has 0 aromatic carbocycles. The van der Waals surface area contributed by atoms with Crippen molar-refractivity contribution in [3.05, 3.63) is 0 Å². The number of piperazine rings is 1. The lowest BCUT2D eigenvalue weighted by Crippen LogP contribution is -2.53. The fraction of sp³-hybridized carbons (Fsp3) is 0.818. The van der Waals surface area contributed by atoms with Crippen LogP contribution in [0.4, 0.5) is 0 Å². The molecule has 1 heterocycles. The zero-order valence-corrected chi connectivity index (χ0v) is 10.9. The van der Waals surface area contributed by atoms with E-state index in [0.717, 1.165) is 24.5 Å². The van der Waals surface area contributed by atoms with Crippen molar-refractivity contribution >= 4 is 23.6 Å². The molecular formula is C11H20N2O2S. The van der Waals surface area contributed by atoms with Crippen molar-refractivity contribution in [2.45, 2.75) is 20.3 Å². The minimum absolute atomic E-state index is 0.0743. The molecule has 92 valence electrons. The maximum atomic E-state index is 11.7. The van der Waals surface area contributed by atoms with E-state index in [1.54, 1.807) is 9.80 Å². The molecule has 0 radical (unpaired) electrons. The second kappa shape index (κ2) is 6.78. The Hall–Kier alpha value is -0.710. The largest absolute Gasteiger partial charge is 0.332 e. The van der Waals surface area contributed by atoms with Gasteiger partial charge in [-0.3, -0.25) is 9.59 Å². The van der Waals surface area contributed by atoms with Crippen molar-refractivity contribution < 1.29 is 9.59 Å². The van der Waals surface area contributed by atoms with Crippen molar-refractivity contribution in [1.29, 1.82) is 0 Å². The van der Waals surface area contributed by atoms with Gasteiger partial charge < -0.3 is 9.80 Å². The molecule has 1 saturated heterocycles. The number of rotatable bonds is 6. The Balaban J connectivity index is 2.32. The van der Waals surface area contributed by atoms with Gasteiger partial charge in [-0.05, 0) is 24.9 Å². The Labute approximate surface area is 101 Å². The quantitative estimate of drug-likeness (QED) is 0.650. The molecular weight excluding hydrogens is 224 g/mol. The van der Waals surface area contributed by atoms with E-state index in [-0.39, 0.29) is 24.9 Å². The first kappa shape index (κ1) is 13.4. The van der Waals surface area contributed by atoms with E-state index in [4.69, 9.17) is 0 Å². The van der Waals surface area contributed by atoms with Gasteiger partial charge in [0.05, 0.1) is 13.1 Å². The SMILES string of the molecule is CCSCCCN1CC(=O)N(CC)CC1=O. The number of carbonyl (C=O) groups is 2. The molecule has 1 fully saturated rings. The van der Waals surface area contributed by atoms with Crippen molar-refractivity contribution in [2.24, 2.45) is 0 Å². The highest BCUT2D eigenvalue weighted by Gasteiger charge is 2.27. The fourth-order valence-electron chi connectivity index (χ4n) is 1.70. The summed E-state index contributed by atoms with van der Waals surface area (Å²) in [4.78, 5) is 26.6. The van der Waals surface area contributed by atoms with Crippen molar-refractivity contribution in [1.82, 2.24) is 9.80 Å². The standard InChI is InChI=1S/C11H20N2O2S/c1-3-12-8-11(15)13(9-10(12)14)6-5-7-16-4-2/h3-9H2,1-2H3.